The fourth-order valence-electron chi connectivity index (χ4n) is 2.54. The lowest BCUT2D eigenvalue weighted by Crippen LogP contribution is -2.17. The van der Waals surface area contributed by atoms with E-state index in [2.05, 4.69) is 43.2 Å². The smallest absolute Gasteiger partial charge is 0.150 e. The van der Waals surface area contributed by atoms with Crippen molar-refractivity contribution in [2.45, 2.75) is 26.2 Å². The van der Waals surface area contributed by atoms with Crippen molar-refractivity contribution in [2.24, 2.45) is 0 Å². The highest BCUT2D eigenvalue weighted by Gasteiger charge is 2.20. The minimum absolute atomic E-state index is 0.0181. The Labute approximate surface area is 147 Å². The molecule has 1 heterocycles. The van der Waals surface area contributed by atoms with Crippen LogP contribution in [-0.2, 0) is 5.41 Å². The summed E-state index contributed by atoms with van der Waals surface area (Å²) in [6.45, 7) is 6.44. The van der Waals surface area contributed by atoms with Gasteiger partial charge in [-0.15, -0.1) is 5.10 Å². The molecule has 0 saturated heterocycles. The van der Waals surface area contributed by atoms with E-state index >= 15 is 0 Å². The van der Waals surface area contributed by atoms with E-state index in [-0.39, 0.29) is 5.41 Å². The number of hydrogen-bond donors (Lipinski definition) is 0. The first-order valence-electron chi connectivity index (χ1n) is 8.22. The summed E-state index contributed by atoms with van der Waals surface area (Å²) in [5.41, 5.74) is 4.89. The molecule has 0 spiro atoms. The fraction of sp³-hybridized carbons (Fsp3) is 0.190. The van der Waals surface area contributed by atoms with Crippen LogP contribution in [0, 0.1) is 0 Å². The quantitative estimate of drug-likeness (QED) is 0.520. The number of aldehydes is 1. The molecule has 4 nitrogen and oxygen atoms in total. The van der Waals surface area contributed by atoms with Gasteiger partial charge in [0.05, 0.1) is 17.6 Å². The Morgan fingerprint density at radius 2 is 1.36 bits per heavy atom. The van der Waals surface area contributed by atoms with Gasteiger partial charge < -0.3 is 0 Å². The fourth-order valence-corrected chi connectivity index (χ4v) is 2.54. The Morgan fingerprint density at radius 1 is 0.840 bits per heavy atom. The van der Waals surface area contributed by atoms with Crippen molar-refractivity contribution in [1.29, 1.82) is 0 Å². The standard InChI is InChI=1S/C21H21N3O/c1-21(2,3)20-14-22-23-24(20)19-12-10-17(11-13-19)5-4-16-6-8-18(15-25)9-7-16/h4-15H,1-3H3. The van der Waals surface area contributed by atoms with Gasteiger partial charge in [-0.3, -0.25) is 4.79 Å². The monoisotopic (exact) mass is 331 g/mol. The summed E-state index contributed by atoms with van der Waals surface area (Å²) in [7, 11) is 0. The Morgan fingerprint density at radius 3 is 1.88 bits per heavy atom. The maximum atomic E-state index is 10.7. The van der Waals surface area contributed by atoms with E-state index in [4.69, 9.17) is 0 Å². The third kappa shape index (κ3) is 3.91. The molecule has 0 atom stereocenters. The normalized spacial score (nSPS) is 11.8. The zero-order valence-corrected chi connectivity index (χ0v) is 14.7. The predicted molar refractivity (Wildman–Crippen MR) is 101 cm³/mol. The molecule has 3 aromatic rings. The molecule has 2 aromatic carbocycles. The van der Waals surface area contributed by atoms with Crippen molar-refractivity contribution in [3.63, 3.8) is 0 Å². The first-order chi connectivity index (χ1) is 12.0. The van der Waals surface area contributed by atoms with Gasteiger partial charge in [0.2, 0.25) is 0 Å². The van der Waals surface area contributed by atoms with Crippen LogP contribution in [0.2, 0.25) is 0 Å². The Bertz CT molecular complexity index is 882. The molecule has 0 aliphatic carbocycles. The van der Waals surface area contributed by atoms with E-state index in [1.54, 1.807) is 0 Å². The maximum Gasteiger partial charge on any atom is 0.150 e. The molecule has 0 aliphatic rings. The molecule has 3 rings (SSSR count). The molecule has 126 valence electrons. The second-order valence-electron chi connectivity index (χ2n) is 6.99. The maximum absolute atomic E-state index is 10.7. The Hall–Kier alpha value is -3.01. The van der Waals surface area contributed by atoms with Gasteiger partial charge in [-0.2, -0.15) is 0 Å². The molecular formula is C21H21N3O. The van der Waals surface area contributed by atoms with Crippen molar-refractivity contribution >= 4 is 18.4 Å². The summed E-state index contributed by atoms with van der Waals surface area (Å²) in [6.07, 6.45) is 6.74. The molecule has 0 aliphatic heterocycles. The molecule has 0 N–H and O–H groups in total. The van der Waals surface area contributed by atoms with Crippen LogP contribution in [0.25, 0.3) is 17.8 Å². The number of hydrogen-bond acceptors (Lipinski definition) is 3. The molecule has 0 amide bonds. The zero-order valence-electron chi connectivity index (χ0n) is 14.7. The Balaban J connectivity index is 1.79. The first kappa shape index (κ1) is 16.8. The van der Waals surface area contributed by atoms with Gasteiger partial charge in [0.25, 0.3) is 0 Å². The average Bonchev–Trinajstić information content (AvgIpc) is 3.11. The van der Waals surface area contributed by atoms with Gasteiger partial charge in [0.1, 0.15) is 6.29 Å². The van der Waals surface area contributed by atoms with Gasteiger partial charge in [0.15, 0.2) is 0 Å². The van der Waals surface area contributed by atoms with Crippen LogP contribution in [0.15, 0.2) is 54.7 Å². The molecular weight excluding hydrogens is 310 g/mol. The lowest BCUT2D eigenvalue weighted by atomic mass is 9.92. The van der Waals surface area contributed by atoms with Crippen molar-refractivity contribution in [3.05, 3.63) is 77.1 Å². The second-order valence-corrected chi connectivity index (χ2v) is 6.99. The summed E-state index contributed by atoms with van der Waals surface area (Å²) in [4.78, 5) is 10.7. The van der Waals surface area contributed by atoms with Crippen LogP contribution in [0.1, 0.15) is 48.0 Å². The number of aromatic nitrogens is 3. The number of carbonyl (C=O) groups is 1. The van der Waals surface area contributed by atoms with Gasteiger partial charge in [-0.1, -0.05) is 74.5 Å². The average molecular weight is 331 g/mol. The zero-order chi connectivity index (χ0) is 17.9. The Kier molecular flexibility index (Phi) is 4.61. The van der Waals surface area contributed by atoms with Gasteiger partial charge in [0, 0.05) is 11.0 Å². The SMILES string of the molecule is CC(C)(C)c1cnnn1-c1ccc(C=Cc2ccc(C=O)cc2)cc1. The highest BCUT2D eigenvalue weighted by atomic mass is 16.1. The molecule has 25 heavy (non-hydrogen) atoms. The molecule has 0 unspecified atom stereocenters. The third-order valence-electron chi connectivity index (χ3n) is 4.00. The van der Waals surface area contributed by atoms with Crippen molar-refractivity contribution < 1.29 is 4.79 Å². The minimum Gasteiger partial charge on any atom is -0.298 e. The van der Waals surface area contributed by atoms with Crippen molar-refractivity contribution in [2.75, 3.05) is 0 Å². The third-order valence-corrected chi connectivity index (χ3v) is 4.00. The van der Waals surface area contributed by atoms with E-state index in [1.165, 1.54) is 0 Å². The lowest BCUT2D eigenvalue weighted by molar-refractivity contribution is 0.112. The van der Waals surface area contributed by atoms with E-state index in [0.29, 0.717) is 5.56 Å². The van der Waals surface area contributed by atoms with E-state index in [1.807, 2.05) is 59.4 Å². The molecule has 0 radical (unpaired) electrons. The topological polar surface area (TPSA) is 47.8 Å². The number of rotatable bonds is 4. The summed E-state index contributed by atoms with van der Waals surface area (Å²) < 4.78 is 1.88. The van der Waals surface area contributed by atoms with Gasteiger partial charge >= 0.3 is 0 Å². The van der Waals surface area contributed by atoms with Crippen LogP contribution in [0.3, 0.4) is 0 Å². The number of benzene rings is 2. The largest absolute Gasteiger partial charge is 0.298 e. The van der Waals surface area contributed by atoms with Crippen molar-refractivity contribution in [3.8, 4) is 5.69 Å². The van der Waals surface area contributed by atoms with Gasteiger partial charge in [-0.25, -0.2) is 4.68 Å². The predicted octanol–water partition coefficient (Wildman–Crippen LogP) is 4.55. The van der Waals surface area contributed by atoms with Crippen molar-refractivity contribution in [1.82, 2.24) is 15.0 Å². The van der Waals surface area contributed by atoms with Crippen LogP contribution in [0.4, 0.5) is 0 Å². The van der Waals surface area contributed by atoms with Crippen LogP contribution >= 0.6 is 0 Å². The van der Waals surface area contributed by atoms with Crippen LogP contribution in [-0.4, -0.2) is 21.3 Å². The highest BCUT2D eigenvalue weighted by Crippen LogP contribution is 2.23. The lowest BCUT2D eigenvalue weighted by Gasteiger charge is -2.19. The summed E-state index contributed by atoms with van der Waals surface area (Å²) in [5, 5.41) is 8.26. The van der Waals surface area contributed by atoms with Crippen LogP contribution in [0.5, 0.6) is 0 Å². The number of carbonyl (C=O) groups excluding carboxylic acids is 1. The van der Waals surface area contributed by atoms with E-state index in [9.17, 15) is 4.79 Å². The van der Waals surface area contributed by atoms with Gasteiger partial charge in [-0.05, 0) is 23.3 Å². The first-order valence-corrected chi connectivity index (χ1v) is 8.22. The molecule has 1 aromatic heterocycles. The van der Waals surface area contributed by atoms with Crippen LogP contribution < -0.4 is 0 Å². The second kappa shape index (κ2) is 6.85. The molecule has 0 bridgehead atoms. The van der Waals surface area contributed by atoms with E-state index < -0.39 is 0 Å². The molecule has 0 fully saturated rings. The summed E-state index contributed by atoms with van der Waals surface area (Å²) in [6, 6.07) is 15.7. The highest BCUT2D eigenvalue weighted by molar-refractivity contribution is 5.76. The molecule has 4 heteroatoms. The summed E-state index contributed by atoms with van der Waals surface area (Å²) in [5.74, 6) is 0. The number of nitrogens with zero attached hydrogens (tertiary/aromatic N) is 3. The van der Waals surface area contributed by atoms with E-state index in [0.717, 1.165) is 28.8 Å². The molecule has 0 saturated carbocycles. The summed E-state index contributed by atoms with van der Waals surface area (Å²) >= 11 is 0. The minimum atomic E-state index is -0.0181.